The third kappa shape index (κ3) is 6.73. The maximum absolute atomic E-state index is 12.8. The molecule has 0 aliphatic carbocycles. The van der Waals surface area contributed by atoms with E-state index < -0.39 is 0 Å². The van der Waals surface area contributed by atoms with E-state index in [1.807, 2.05) is 0 Å². The average Bonchev–Trinajstić information content (AvgIpc) is 3.44. The molecule has 0 spiro atoms. The number of fused-ring (bicyclic) bond motifs is 1. The van der Waals surface area contributed by atoms with Crippen LogP contribution in [0.25, 0.3) is 11.1 Å². The standard InChI is InChI=1S/C40H48N2O3/c1-25(2)28-16-18-29(19-17-28)34-24-45-38-36(30-12-11-13-31(22-30)42(7)8)26(3)33(27(4)37(34)38)23-40(5,6)20-21-41-39(44)32-14-9-10-15-35(32)43/h9-19,22,25,34,43H,20-21,23-24H2,1-8H3,(H,41,44). The summed E-state index contributed by atoms with van der Waals surface area (Å²) in [5, 5.41) is 13.1. The van der Waals surface area contributed by atoms with Crippen LogP contribution in [0.4, 0.5) is 5.69 Å². The van der Waals surface area contributed by atoms with Gasteiger partial charge in [0.05, 0.1) is 12.2 Å². The minimum absolute atomic E-state index is 0.000125. The van der Waals surface area contributed by atoms with Gasteiger partial charge in [-0.25, -0.2) is 0 Å². The number of nitrogens with zero attached hydrogens (tertiary/aromatic N) is 1. The molecule has 0 fully saturated rings. The van der Waals surface area contributed by atoms with Crippen LogP contribution in [0, 0.1) is 19.3 Å². The van der Waals surface area contributed by atoms with Gasteiger partial charge in [-0.2, -0.15) is 0 Å². The first-order valence-corrected chi connectivity index (χ1v) is 16.1. The number of aromatic hydroxyl groups is 1. The lowest BCUT2D eigenvalue weighted by Gasteiger charge is -2.29. The van der Waals surface area contributed by atoms with Gasteiger partial charge in [0.15, 0.2) is 0 Å². The summed E-state index contributed by atoms with van der Waals surface area (Å²) in [4.78, 5) is 14.9. The molecule has 5 nitrogen and oxygen atoms in total. The fraction of sp³-hybridized carbons (Fsp3) is 0.375. The number of benzene rings is 4. The number of para-hydroxylation sites is 1. The zero-order valence-electron chi connectivity index (χ0n) is 28.1. The molecule has 236 valence electrons. The number of carbonyl (C=O) groups excluding carboxylic acids is 1. The monoisotopic (exact) mass is 604 g/mol. The number of ether oxygens (including phenoxy) is 1. The van der Waals surface area contributed by atoms with E-state index in [0.717, 1.165) is 24.3 Å². The first-order valence-electron chi connectivity index (χ1n) is 16.1. The van der Waals surface area contributed by atoms with Gasteiger partial charge in [-0.05, 0) is 95.7 Å². The van der Waals surface area contributed by atoms with Gasteiger partial charge in [0.2, 0.25) is 0 Å². The first-order chi connectivity index (χ1) is 21.4. The Labute approximate surface area is 269 Å². The Morgan fingerprint density at radius 3 is 2.38 bits per heavy atom. The molecule has 1 unspecified atom stereocenters. The Morgan fingerprint density at radius 2 is 1.71 bits per heavy atom. The van der Waals surface area contributed by atoms with Crippen molar-refractivity contribution in [2.75, 3.05) is 32.1 Å². The average molecular weight is 605 g/mol. The second-order valence-corrected chi connectivity index (χ2v) is 13.8. The van der Waals surface area contributed by atoms with Gasteiger partial charge in [0.25, 0.3) is 5.91 Å². The van der Waals surface area contributed by atoms with Crippen molar-refractivity contribution in [3.8, 4) is 22.6 Å². The van der Waals surface area contributed by atoms with Gasteiger partial charge in [-0.1, -0.05) is 76.2 Å². The molecule has 1 heterocycles. The number of hydrogen-bond donors (Lipinski definition) is 2. The molecular formula is C40H48N2O3. The molecule has 0 bridgehead atoms. The maximum Gasteiger partial charge on any atom is 0.255 e. The number of anilines is 1. The summed E-state index contributed by atoms with van der Waals surface area (Å²) >= 11 is 0. The molecule has 0 aromatic heterocycles. The highest BCUT2D eigenvalue weighted by atomic mass is 16.5. The molecule has 1 atom stereocenters. The molecule has 4 aromatic rings. The first kappa shape index (κ1) is 32.2. The van der Waals surface area contributed by atoms with Crippen LogP contribution in [0.1, 0.15) is 89.7 Å². The minimum Gasteiger partial charge on any atom is -0.507 e. The van der Waals surface area contributed by atoms with Crippen molar-refractivity contribution in [2.45, 2.75) is 66.2 Å². The number of rotatable bonds is 10. The smallest absolute Gasteiger partial charge is 0.255 e. The van der Waals surface area contributed by atoms with Crippen LogP contribution >= 0.6 is 0 Å². The van der Waals surface area contributed by atoms with Crippen LogP contribution in [-0.2, 0) is 6.42 Å². The Hall–Kier alpha value is -4.25. The highest BCUT2D eigenvalue weighted by molar-refractivity contribution is 5.96. The summed E-state index contributed by atoms with van der Waals surface area (Å²) in [6.45, 7) is 14.7. The normalized spacial score (nSPS) is 14.3. The Bertz CT molecular complexity index is 1690. The van der Waals surface area contributed by atoms with Crippen molar-refractivity contribution < 1.29 is 14.6 Å². The van der Waals surface area contributed by atoms with Crippen molar-refractivity contribution >= 4 is 11.6 Å². The van der Waals surface area contributed by atoms with Gasteiger partial charge < -0.3 is 20.1 Å². The molecule has 5 heteroatoms. The Morgan fingerprint density at radius 1 is 1.00 bits per heavy atom. The molecule has 5 rings (SSSR count). The van der Waals surface area contributed by atoms with Gasteiger partial charge in [0.1, 0.15) is 11.5 Å². The predicted molar refractivity (Wildman–Crippen MR) is 186 cm³/mol. The molecule has 1 aliphatic heterocycles. The second kappa shape index (κ2) is 13.0. The van der Waals surface area contributed by atoms with Crippen molar-refractivity contribution in [2.24, 2.45) is 5.41 Å². The van der Waals surface area contributed by atoms with E-state index in [9.17, 15) is 9.90 Å². The van der Waals surface area contributed by atoms with E-state index in [2.05, 4.69) is 114 Å². The summed E-state index contributed by atoms with van der Waals surface area (Å²) in [7, 11) is 4.15. The van der Waals surface area contributed by atoms with Gasteiger partial charge >= 0.3 is 0 Å². The SMILES string of the molecule is Cc1c(CC(C)(C)CCNC(=O)c2ccccc2O)c(C)c2c(c1-c1cccc(N(C)C)c1)OCC2c1ccc(C(C)C)cc1. The number of phenolic OH excluding ortho intramolecular Hbond substituents is 1. The van der Waals surface area contributed by atoms with Crippen LogP contribution in [0.15, 0.2) is 72.8 Å². The largest absolute Gasteiger partial charge is 0.507 e. The van der Waals surface area contributed by atoms with Crippen molar-refractivity contribution in [3.63, 3.8) is 0 Å². The Kier molecular flexibility index (Phi) is 9.29. The van der Waals surface area contributed by atoms with Crippen molar-refractivity contribution in [1.82, 2.24) is 5.32 Å². The molecule has 0 saturated carbocycles. The molecule has 0 saturated heterocycles. The van der Waals surface area contributed by atoms with E-state index in [1.54, 1.807) is 24.3 Å². The fourth-order valence-corrected chi connectivity index (χ4v) is 6.66. The number of nitrogens with one attached hydrogen (secondary N) is 1. The van der Waals surface area contributed by atoms with E-state index in [0.29, 0.717) is 24.6 Å². The lowest BCUT2D eigenvalue weighted by molar-refractivity contribution is 0.0946. The molecule has 4 aromatic carbocycles. The zero-order valence-corrected chi connectivity index (χ0v) is 28.1. The lowest BCUT2D eigenvalue weighted by Crippen LogP contribution is -2.29. The van der Waals surface area contributed by atoms with E-state index in [1.165, 1.54) is 44.5 Å². The molecule has 1 aliphatic rings. The molecule has 1 amide bonds. The number of hydrogen-bond acceptors (Lipinski definition) is 4. The molecule has 2 N–H and O–H groups in total. The summed E-state index contributed by atoms with van der Waals surface area (Å²) in [5.41, 5.74) is 11.5. The van der Waals surface area contributed by atoms with Gasteiger partial charge in [-0.15, -0.1) is 0 Å². The third-order valence-electron chi connectivity index (χ3n) is 9.45. The highest BCUT2D eigenvalue weighted by Crippen LogP contribution is 2.50. The fourth-order valence-electron chi connectivity index (χ4n) is 6.66. The van der Waals surface area contributed by atoms with E-state index in [-0.39, 0.29) is 23.0 Å². The van der Waals surface area contributed by atoms with Crippen LogP contribution in [-0.4, -0.2) is 38.3 Å². The molecule has 0 radical (unpaired) electrons. The van der Waals surface area contributed by atoms with Gasteiger partial charge in [-0.3, -0.25) is 4.79 Å². The summed E-state index contributed by atoms with van der Waals surface area (Å²) in [6.07, 6.45) is 1.66. The summed E-state index contributed by atoms with van der Waals surface area (Å²) in [5.74, 6) is 1.41. The van der Waals surface area contributed by atoms with Crippen LogP contribution in [0.2, 0.25) is 0 Å². The van der Waals surface area contributed by atoms with Crippen molar-refractivity contribution in [1.29, 1.82) is 0 Å². The number of amides is 1. The predicted octanol–water partition coefficient (Wildman–Crippen LogP) is 8.78. The highest BCUT2D eigenvalue weighted by Gasteiger charge is 2.34. The van der Waals surface area contributed by atoms with E-state index in [4.69, 9.17) is 4.74 Å². The maximum atomic E-state index is 12.8. The van der Waals surface area contributed by atoms with Crippen LogP contribution in [0.5, 0.6) is 11.5 Å². The van der Waals surface area contributed by atoms with E-state index >= 15 is 0 Å². The van der Waals surface area contributed by atoms with Crippen molar-refractivity contribution in [3.05, 3.63) is 112 Å². The minimum atomic E-state index is -0.250. The van der Waals surface area contributed by atoms with Crippen LogP contribution < -0.4 is 15.0 Å². The summed E-state index contributed by atoms with van der Waals surface area (Å²) < 4.78 is 6.64. The Balaban J connectivity index is 1.52. The molecule has 45 heavy (non-hydrogen) atoms. The lowest BCUT2D eigenvalue weighted by atomic mass is 9.76. The second-order valence-electron chi connectivity index (χ2n) is 13.8. The summed E-state index contributed by atoms with van der Waals surface area (Å²) in [6, 6.07) is 24.5. The van der Waals surface area contributed by atoms with Crippen LogP contribution in [0.3, 0.4) is 0 Å². The quantitative estimate of drug-likeness (QED) is 0.190. The zero-order chi connectivity index (χ0) is 32.5. The topological polar surface area (TPSA) is 61.8 Å². The third-order valence-corrected chi connectivity index (χ3v) is 9.45. The molecular weight excluding hydrogens is 556 g/mol. The van der Waals surface area contributed by atoms with Gasteiger partial charge in [0, 0.05) is 43.4 Å². The number of phenols is 1. The number of carbonyl (C=O) groups is 1.